The van der Waals surface area contributed by atoms with Gasteiger partial charge in [0.05, 0.1) is 10.0 Å². The molecule has 4 nitrogen and oxygen atoms in total. The van der Waals surface area contributed by atoms with E-state index in [1.54, 1.807) is 50.8 Å². The molecule has 1 saturated heterocycles. The summed E-state index contributed by atoms with van der Waals surface area (Å²) in [5.41, 5.74) is -1.16. The molecule has 6 heteroatoms. The second-order valence-corrected chi connectivity index (χ2v) is 7.03. The van der Waals surface area contributed by atoms with Crippen molar-refractivity contribution in [1.82, 2.24) is 10.2 Å². The molecule has 0 bridgehead atoms. The van der Waals surface area contributed by atoms with Crippen LogP contribution in [0.5, 0.6) is 0 Å². The SMILES string of the molecule is CC1(C)NC(=O)C(C)(C)N(Cc2cccc(Cl)c2Cl)C1=O. The third-order valence-corrected chi connectivity index (χ3v) is 4.65. The summed E-state index contributed by atoms with van der Waals surface area (Å²) in [5.74, 6) is -0.339. The van der Waals surface area contributed by atoms with Gasteiger partial charge in [0.1, 0.15) is 11.1 Å². The zero-order chi connectivity index (χ0) is 16.0. The van der Waals surface area contributed by atoms with Crippen molar-refractivity contribution >= 4 is 35.0 Å². The first-order chi connectivity index (χ1) is 9.57. The van der Waals surface area contributed by atoms with Gasteiger partial charge < -0.3 is 10.2 Å². The summed E-state index contributed by atoms with van der Waals surface area (Å²) in [7, 11) is 0. The molecule has 0 unspecified atom stereocenters. The van der Waals surface area contributed by atoms with Crippen molar-refractivity contribution in [3.8, 4) is 0 Å². The highest BCUT2D eigenvalue weighted by atomic mass is 35.5. The normalized spacial score (nSPS) is 20.4. The Morgan fingerprint density at radius 1 is 1.14 bits per heavy atom. The molecule has 2 rings (SSSR count). The van der Waals surface area contributed by atoms with Crippen LogP contribution < -0.4 is 5.32 Å². The van der Waals surface area contributed by atoms with Crippen molar-refractivity contribution in [3.05, 3.63) is 33.8 Å². The first kappa shape index (κ1) is 16.1. The zero-order valence-corrected chi connectivity index (χ0v) is 14.0. The molecule has 0 spiro atoms. The molecule has 114 valence electrons. The van der Waals surface area contributed by atoms with E-state index in [4.69, 9.17) is 23.2 Å². The molecule has 1 aliphatic heterocycles. The Kier molecular flexibility index (Phi) is 3.98. The number of rotatable bonds is 2. The van der Waals surface area contributed by atoms with E-state index >= 15 is 0 Å². The van der Waals surface area contributed by atoms with Gasteiger partial charge in [0.2, 0.25) is 11.8 Å². The number of halogens is 2. The molecule has 1 heterocycles. The van der Waals surface area contributed by atoms with Gasteiger partial charge in [-0.05, 0) is 39.3 Å². The summed E-state index contributed by atoms with van der Waals surface area (Å²) in [6.45, 7) is 7.05. The minimum Gasteiger partial charge on any atom is -0.340 e. The number of hydrogen-bond acceptors (Lipinski definition) is 2. The topological polar surface area (TPSA) is 49.4 Å². The fourth-order valence-corrected chi connectivity index (χ4v) is 2.69. The largest absolute Gasteiger partial charge is 0.340 e. The number of carbonyl (C=O) groups excluding carboxylic acids is 2. The van der Waals surface area contributed by atoms with Gasteiger partial charge in [-0.2, -0.15) is 0 Å². The molecule has 0 radical (unpaired) electrons. The van der Waals surface area contributed by atoms with Gasteiger partial charge in [-0.3, -0.25) is 9.59 Å². The van der Waals surface area contributed by atoms with Crippen LogP contribution in [0.2, 0.25) is 10.0 Å². The van der Waals surface area contributed by atoms with E-state index in [1.165, 1.54) is 0 Å². The van der Waals surface area contributed by atoms with Gasteiger partial charge in [0.25, 0.3) is 0 Å². The van der Waals surface area contributed by atoms with Crippen LogP contribution in [0, 0.1) is 0 Å². The van der Waals surface area contributed by atoms with E-state index in [-0.39, 0.29) is 18.4 Å². The van der Waals surface area contributed by atoms with E-state index in [0.29, 0.717) is 10.0 Å². The first-order valence-corrected chi connectivity index (χ1v) is 7.40. The molecular formula is C15H18Cl2N2O2. The molecule has 2 amide bonds. The van der Waals surface area contributed by atoms with Crippen LogP contribution in [-0.2, 0) is 16.1 Å². The molecule has 0 atom stereocenters. The molecule has 1 aliphatic rings. The molecule has 21 heavy (non-hydrogen) atoms. The summed E-state index contributed by atoms with van der Waals surface area (Å²) in [4.78, 5) is 26.5. The van der Waals surface area contributed by atoms with Crippen LogP contribution in [0.25, 0.3) is 0 Å². The highest BCUT2D eigenvalue weighted by molar-refractivity contribution is 6.42. The lowest BCUT2D eigenvalue weighted by Crippen LogP contribution is -2.71. The van der Waals surface area contributed by atoms with Crippen LogP contribution >= 0.6 is 23.2 Å². The predicted octanol–water partition coefficient (Wildman–Crippen LogP) is 3.01. The minimum absolute atomic E-state index is 0.150. The Balaban J connectivity index is 2.42. The first-order valence-electron chi connectivity index (χ1n) is 6.65. The fourth-order valence-electron chi connectivity index (χ4n) is 2.31. The maximum absolute atomic E-state index is 12.6. The highest BCUT2D eigenvalue weighted by Crippen LogP contribution is 2.32. The summed E-state index contributed by atoms with van der Waals surface area (Å²) < 4.78 is 0. The maximum Gasteiger partial charge on any atom is 0.248 e. The van der Waals surface area contributed by atoms with Crippen LogP contribution in [0.3, 0.4) is 0 Å². The number of carbonyl (C=O) groups is 2. The van der Waals surface area contributed by atoms with Crippen LogP contribution in [0.1, 0.15) is 33.3 Å². The lowest BCUT2D eigenvalue weighted by atomic mass is 9.89. The van der Waals surface area contributed by atoms with Crippen molar-refractivity contribution in [2.75, 3.05) is 0 Å². The Bertz CT molecular complexity index is 612. The average molecular weight is 329 g/mol. The van der Waals surface area contributed by atoms with E-state index in [9.17, 15) is 9.59 Å². The van der Waals surface area contributed by atoms with Gasteiger partial charge in [-0.25, -0.2) is 0 Å². The zero-order valence-electron chi connectivity index (χ0n) is 12.5. The number of nitrogens with zero attached hydrogens (tertiary/aromatic N) is 1. The summed E-state index contributed by atoms with van der Waals surface area (Å²) in [5, 5.41) is 3.59. The highest BCUT2D eigenvalue weighted by Gasteiger charge is 2.50. The van der Waals surface area contributed by atoms with E-state index < -0.39 is 11.1 Å². The van der Waals surface area contributed by atoms with Gasteiger partial charge in [0.15, 0.2) is 0 Å². The van der Waals surface area contributed by atoms with Crippen LogP contribution in [0.4, 0.5) is 0 Å². The third kappa shape index (κ3) is 2.74. The van der Waals surface area contributed by atoms with Crippen molar-refractivity contribution in [1.29, 1.82) is 0 Å². The van der Waals surface area contributed by atoms with Crippen LogP contribution in [0.15, 0.2) is 18.2 Å². The fraction of sp³-hybridized carbons (Fsp3) is 0.467. The van der Waals surface area contributed by atoms with E-state index in [1.807, 2.05) is 0 Å². The Labute approximate surface area is 134 Å². The van der Waals surface area contributed by atoms with Crippen LogP contribution in [-0.4, -0.2) is 27.8 Å². The lowest BCUT2D eigenvalue weighted by molar-refractivity contribution is -0.160. The number of amides is 2. The second-order valence-electron chi connectivity index (χ2n) is 6.24. The summed E-state index contributed by atoms with van der Waals surface area (Å²) >= 11 is 12.2. The molecule has 1 aromatic rings. The van der Waals surface area contributed by atoms with Crippen molar-refractivity contribution in [3.63, 3.8) is 0 Å². The second kappa shape index (κ2) is 5.18. The van der Waals surface area contributed by atoms with Gasteiger partial charge in [0, 0.05) is 6.54 Å². The maximum atomic E-state index is 12.6. The standard InChI is InChI=1S/C15H18Cl2N2O2/c1-14(2)13(21)19(15(3,4)12(20)18-14)8-9-6-5-7-10(16)11(9)17/h5-7H,8H2,1-4H3,(H,18,20). The van der Waals surface area contributed by atoms with Crippen molar-refractivity contribution in [2.24, 2.45) is 0 Å². The number of nitrogens with one attached hydrogen (secondary N) is 1. The predicted molar refractivity (Wildman–Crippen MR) is 83.3 cm³/mol. The van der Waals surface area contributed by atoms with E-state index in [2.05, 4.69) is 5.32 Å². The van der Waals surface area contributed by atoms with Gasteiger partial charge >= 0.3 is 0 Å². The molecular weight excluding hydrogens is 311 g/mol. The van der Waals surface area contributed by atoms with E-state index in [0.717, 1.165) is 5.56 Å². The lowest BCUT2D eigenvalue weighted by Gasteiger charge is -2.47. The van der Waals surface area contributed by atoms with Crippen molar-refractivity contribution < 1.29 is 9.59 Å². The summed E-state index contributed by atoms with van der Waals surface area (Å²) in [6.07, 6.45) is 0. The molecule has 0 saturated carbocycles. The monoisotopic (exact) mass is 328 g/mol. The molecule has 1 N–H and O–H groups in total. The minimum atomic E-state index is -0.946. The molecule has 1 aromatic carbocycles. The molecule has 1 fully saturated rings. The molecule has 0 aromatic heterocycles. The quantitative estimate of drug-likeness (QED) is 0.907. The third-order valence-electron chi connectivity index (χ3n) is 3.80. The van der Waals surface area contributed by atoms with Gasteiger partial charge in [-0.15, -0.1) is 0 Å². The number of benzene rings is 1. The average Bonchev–Trinajstić information content (AvgIpc) is 2.37. The number of piperazine rings is 1. The summed E-state index contributed by atoms with van der Waals surface area (Å²) in [6, 6.07) is 5.26. The smallest absolute Gasteiger partial charge is 0.248 e. The van der Waals surface area contributed by atoms with Crippen molar-refractivity contribution in [2.45, 2.75) is 45.3 Å². The Morgan fingerprint density at radius 3 is 2.38 bits per heavy atom. The number of hydrogen-bond donors (Lipinski definition) is 1. The Morgan fingerprint density at radius 2 is 1.76 bits per heavy atom. The van der Waals surface area contributed by atoms with Gasteiger partial charge in [-0.1, -0.05) is 35.3 Å². The Hall–Kier alpha value is -1.26. The molecule has 0 aliphatic carbocycles.